The van der Waals surface area contributed by atoms with Crippen LogP contribution in [0.4, 0.5) is 0 Å². The van der Waals surface area contributed by atoms with Gasteiger partial charge in [0.05, 0.1) is 6.04 Å². The van der Waals surface area contributed by atoms with Gasteiger partial charge in [-0.15, -0.1) is 11.3 Å². The Morgan fingerprint density at radius 3 is 2.71 bits per heavy atom. The van der Waals surface area contributed by atoms with E-state index in [4.69, 9.17) is 0 Å². The second kappa shape index (κ2) is 6.98. The summed E-state index contributed by atoms with van der Waals surface area (Å²) in [6.45, 7) is 8.56. The molecule has 1 aliphatic rings. The van der Waals surface area contributed by atoms with Crippen molar-refractivity contribution in [1.82, 2.24) is 9.88 Å². The highest BCUT2D eigenvalue weighted by molar-refractivity contribution is 7.10. The first-order chi connectivity index (χ1) is 11.5. The summed E-state index contributed by atoms with van der Waals surface area (Å²) in [7, 11) is 0. The van der Waals surface area contributed by atoms with E-state index in [0.29, 0.717) is 12.0 Å². The molecule has 1 saturated carbocycles. The van der Waals surface area contributed by atoms with Crippen LogP contribution in [0.25, 0.3) is 6.08 Å². The van der Waals surface area contributed by atoms with E-state index in [1.165, 1.54) is 29.1 Å². The molecule has 2 aromatic heterocycles. The predicted molar refractivity (Wildman–Crippen MR) is 101 cm³/mol. The van der Waals surface area contributed by atoms with Crippen molar-refractivity contribution >= 4 is 23.3 Å². The number of aromatic nitrogens is 1. The number of carbonyl (C=O) groups excluding carboxylic acids is 1. The van der Waals surface area contributed by atoms with Gasteiger partial charge < -0.3 is 9.88 Å². The molecule has 0 aliphatic heterocycles. The molecule has 0 spiro atoms. The molecule has 1 fully saturated rings. The zero-order valence-corrected chi connectivity index (χ0v) is 15.7. The lowest BCUT2D eigenvalue weighted by Gasteiger charge is -2.20. The van der Waals surface area contributed by atoms with Crippen molar-refractivity contribution in [3.63, 3.8) is 0 Å². The lowest BCUT2D eigenvalue weighted by atomic mass is 10.0. The second-order valence-electron chi connectivity index (χ2n) is 7.01. The van der Waals surface area contributed by atoms with Crippen molar-refractivity contribution in [1.29, 1.82) is 0 Å². The van der Waals surface area contributed by atoms with Gasteiger partial charge in [-0.05, 0) is 61.8 Å². The predicted octanol–water partition coefficient (Wildman–Crippen LogP) is 5.03. The molecule has 2 aromatic rings. The minimum absolute atomic E-state index is 0.0293. The molecule has 0 unspecified atom stereocenters. The minimum atomic E-state index is -0.0293. The average molecular weight is 343 g/mol. The zero-order chi connectivity index (χ0) is 17.3. The molecule has 3 rings (SSSR count). The highest BCUT2D eigenvalue weighted by Crippen LogP contribution is 2.38. The lowest BCUT2D eigenvalue weighted by molar-refractivity contribution is -0.117. The number of amides is 1. The fourth-order valence-corrected chi connectivity index (χ4v) is 4.22. The van der Waals surface area contributed by atoms with Gasteiger partial charge in [-0.1, -0.05) is 19.9 Å². The summed E-state index contributed by atoms with van der Waals surface area (Å²) in [6.07, 6.45) is 6.16. The van der Waals surface area contributed by atoms with Crippen LogP contribution in [0.15, 0.2) is 29.7 Å². The summed E-state index contributed by atoms with van der Waals surface area (Å²) in [4.78, 5) is 13.6. The molecule has 3 nitrogen and oxygen atoms in total. The highest BCUT2D eigenvalue weighted by Gasteiger charge is 2.26. The summed E-state index contributed by atoms with van der Waals surface area (Å²) >= 11 is 1.69. The summed E-state index contributed by atoms with van der Waals surface area (Å²) in [5.41, 5.74) is 3.69. The van der Waals surface area contributed by atoms with Crippen LogP contribution in [0, 0.1) is 19.8 Å². The third-order valence-electron chi connectivity index (χ3n) is 4.66. The zero-order valence-electron chi connectivity index (χ0n) is 14.9. The minimum Gasteiger partial charge on any atom is -0.346 e. The van der Waals surface area contributed by atoms with Gasteiger partial charge in [0.1, 0.15) is 0 Å². The Labute approximate surface area is 148 Å². The first kappa shape index (κ1) is 17.0. The second-order valence-corrected chi connectivity index (χ2v) is 7.99. The van der Waals surface area contributed by atoms with Gasteiger partial charge >= 0.3 is 0 Å². The van der Waals surface area contributed by atoms with E-state index in [9.17, 15) is 4.79 Å². The number of carbonyl (C=O) groups is 1. The molecule has 2 heterocycles. The van der Waals surface area contributed by atoms with Crippen molar-refractivity contribution < 1.29 is 4.79 Å². The van der Waals surface area contributed by atoms with Crippen molar-refractivity contribution in [2.45, 2.75) is 52.6 Å². The van der Waals surface area contributed by atoms with E-state index in [1.54, 1.807) is 17.4 Å². The maximum atomic E-state index is 12.4. The summed E-state index contributed by atoms with van der Waals surface area (Å²) in [5, 5.41) is 5.20. The topological polar surface area (TPSA) is 34.0 Å². The molecule has 4 heteroatoms. The first-order valence-electron chi connectivity index (χ1n) is 8.67. The third kappa shape index (κ3) is 3.64. The molecular formula is C20H26N2OS. The van der Waals surface area contributed by atoms with Crippen molar-refractivity contribution in [2.75, 3.05) is 0 Å². The molecule has 0 saturated heterocycles. The van der Waals surface area contributed by atoms with Gasteiger partial charge in [-0.25, -0.2) is 0 Å². The fraction of sp³-hybridized carbons (Fsp3) is 0.450. The van der Waals surface area contributed by atoms with Crippen molar-refractivity contribution in [2.24, 2.45) is 5.92 Å². The van der Waals surface area contributed by atoms with Crippen LogP contribution in [0.5, 0.6) is 0 Å². The molecule has 0 radical (unpaired) electrons. The monoisotopic (exact) mass is 342 g/mol. The van der Waals surface area contributed by atoms with E-state index in [-0.39, 0.29) is 11.9 Å². The Hall–Kier alpha value is -1.81. The van der Waals surface area contributed by atoms with Crippen LogP contribution in [-0.2, 0) is 4.79 Å². The Bertz CT molecular complexity index is 736. The molecule has 0 aromatic carbocycles. The van der Waals surface area contributed by atoms with E-state index in [1.807, 2.05) is 12.1 Å². The van der Waals surface area contributed by atoms with Gasteiger partial charge in [-0.2, -0.15) is 0 Å². The van der Waals surface area contributed by atoms with E-state index < -0.39 is 0 Å². The fourth-order valence-electron chi connectivity index (χ4n) is 3.27. The molecule has 128 valence electrons. The molecule has 1 amide bonds. The molecule has 0 bridgehead atoms. The Morgan fingerprint density at radius 1 is 1.38 bits per heavy atom. The molecule has 1 N–H and O–H groups in total. The summed E-state index contributed by atoms with van der Waals surface area (Å²) in [5.74, 6) is 0.333. The van der Waals surface area contributed by atoms with Crippen LogP contribution in [0.3, 0.4) is 0 Å². The number of thiophene rings is 1. The van der Waals surface area contributed by atoms with E-state index in [2.05, 4.69) is 55.1 Å². The normalized spacial score (nSPS) is 16.0. The SMILES string of the molecule is Cc1cc(/C=C/C(=O)N[C@@H](c2cccs2)C(C)C)c(C)n1C1CC1. The van der Waals surface area contributed by atoms with Gasteiger partial charge in [0.15, 0.2) is 0 Å². The quantitative estimate of drug-likeness (QED) is 0.734. The molecule has 1 aliphatic carbocycles. The molecule has 24 heavy (non-hydrogen) atoms. The Morgan fingerprint density at radius 2 is 2.12 bits per heavy atom. The van der Waals surface area contributed by atoms with Crippen molar-refractivity contribution in [3.05, 3.63) is 51.5 Å². The lowest BCUT2D eigenvalue weighted by Crippen LogP contribution is -2.29. The number of hydrogen-bond acceptors (Lipinski definition) is 2. The number of nitrogens with zero attached hydrogens (tertiary/aromatic N) is 1. The number of rotatable bonds is 6. The van der Waals surface area contributed by atoms with Gasteiger partial charge in [0.25, 0.3) is 0 Å². The van der Waals surface area contributed by atoms with Crippen LogP contribution in [0.1, 0.15) is 60.6 Å². The standard InChI is InChI=1S/C20H26N2OS/c1-13(2)20(18-6-5-11-24-18)21-19(23)10-7-16-12-14(3)22(15(16)4)17-8-9-17/h5-7,10-13,17,20H,8-9H2,1-4H3,(H,21,23)/b10-7+/t20-/m1/s1. The van der Waals surface area contributed by atoms with E-state index in [0.717, 1.165) is 5.56 Å². The first-order valence-corrected chi connectivity index (χ1v) is 9.55. The molecule has 1 atom stereocenters. The number of aryl methyl sites for hydroxylation is 1. The van der Waals surface area contributed by atoms with Gasteiger partial charge in [0.2, 0.25) is 5.91 Å². The summed E-state index contributed by atoms with van der Waals surface area (Å²) in [6, 6.07) is 7.04. The largest absolute Gasteiger partial charge is 0.346 e. The average Bonchev–Trinajstić information content (AvgIpc) is 3.12. The van der Waals surface area contributed by atoms with Crippen LogP contribution < -0.4 is 5.32 Å². The van der Waals surface area contributed by atoms with Gasteiger partial charge in [0, 0.05) is 28.4 Å². The van der Waals surface area contributed by atoms with Crippen LogP contribution in [-0.4, -0.2) is 10.5 Å². The smallest absolute Gasteiger partial charge is 0.244 e. The van der Waals surface area contributed by atoms with Crippen LogP contribution >= 0.6 is 11.3 Å². The number of nitrogens with one attached hydrogen (secondary N) is 1. The maximum Gasteiger partial charge on any atom is 0.244 e. The van der Waals surface area contributed by atoms with Gasteiger partial charge in [-0.3, -0.25) is 4.79 Å². The highest BCUT2D eigenvalue weighted by atomic mass is 32.1. The Kier molecular flexibility index (Phi) is 4.95. The van der Waals surface area contributed by atoms with Crippen LogP contribution in [0.2, 0.25) is 0 Å². The molecular weight excluding hydrogens is 316 g/mol. The third-order valence-corrected chi connectivity index (χ3v) is 5.62. The number of hydrogen-bond donors (Lipinski definition) is 1. The Balaban J connectivity index is 1.70. The van der Waals surface area contributed by atoms with E-state index >= 15 is 0 Å². The summed E-state index contributed by atoms with van der Waals surface area (Å²) < 4.78 is 2.40. The maximum absolute atomic E-state index is 12.4. The van der Waals surface area contributed by atoms with Crippen molar-refractivity contribution in [3.8, 4) is 0 Å².